The Kier molecular flexibility index (Phi) is 5.22. The maximum Gasteiger partial charge on any atom is 0.163 e. The Morgan fingerprint density at radius 1 is 0.952 bits per heavy atom. The highest BCUT2D eigenvalue weighted by atomic mass is 79.9. The van der Waals surface area contributed by atoms with E-state index in [-0.39, 0.29) is 5.82 Å². The van der Waals surface area contributed by atoms with Crippen LogP contribution < -0.4 is 9.47 Å². The van der Waals surface area contributed by atoms with Gasteiger partial charge >= 0.3 is 0 Å². The fourth-order valence-corrected chi connectivity index (χ4v) is 3.58. The lowest BCUT2D eigenvalue weighted by Gasteiger charge is -2.16. The van der Waals surface area contributed by atoms with E-state index < -0.39 is 10.6 Å². The molecule has 0 fully saturated rings. The number of methoxy groups -OCH3 is 2. The molecule has 0 heterocycles. The van der Waals surface area contributed by atoms with Crippen molar-refractivity contribution >= 4 is 31.9 Å². The molecule has 0 aliphatic heterocycles. The van der Waals surface area contributed by atoms with Gasteiger partial charge in [0, 0.05) is 16.1 Å². The van der Waals surface area contributed by atoms with Crippen molar-refractivity contribution < 1.29 is 18.3 Å². The van der Waals surface area contributed by atoms with Crippen LogP contribution in [0, 0.1) is 11.6 Å². The molecule has 0 amide bonds. The molecule has 0 aliphatic carbocycles. The molecule has 0 aromatic heterocycles. The predicted octanol–water partition coefficient (Wildman–Crippen LogP) is 5.23. The maximum atomic E-state index is 14.2. The molecule has 6 heteroatoms. The monoisotopic (exact) mass is 420 g/mol. The number of ether oxygens (including phenoxy) is 2. The van der Waals surface area contributed by atoms with E-state index in [1.807, 2.05) is 0 Å². The topological polar surface area (TPSA) is 18.5 Å². The van der Waals surface area contributed by atoms with E-state index in [2.05, 4.69) is 31.9 Å². The second-order valence-corrected chi connectivity index (χ2v) is 6.03. The number of halogens is 4. The fourth-order valence-electron chi connectivity index (χ4n) is 1.94. The van der Waals surface area contributed by atoms with Gasteiger partial charge in [0.1, 0.15) is 11.6 Å². The lowest BCUT2D eigenvalue weighted by atomic mass is 10.0. The van der Waals surface area contributed by atoms with Crippen molar-refractivity contribution in [1.29, 1.82) is 0 Å². The fraction of sp³-hybridized carbons (Fsp3) is 0.200. The average molecular weight is 422 g/mol. The molecule has 0 spiro atoms. The molecule has 0 saturated heterocycles. The van der Waals surface area contributed by atoms with Crippen molar-refractivity contribution in [3.63, 3.8) is 0 Å². The van der Waals surface area contributed by atoms with Crippen LogP contribution in [0.25, 0.3) is 0 Å². The Hall–Kier alpha value is -1.14. The molecule has 2 rings (SSSR count). The van der Waals surface area contributed by atoms with E-state index in [0.717, 1.165) is 0 Å². The molecule has 2 nitrogen and oxygen atoms in total. The van der Waals surface area contributed by atoms with Crippen LogP contribution in [-0.4, -0.2) is 14.2 Å². The van der Waals surface area contributed by atoms with Crippen LogP contribution in [0.4, 0.5) is 8.78 Å². The summed E-state index contributed by atoms with van der Waals surface area (Å²) < 4.78 is 38.2. The van der Waals surface area contributed by atoms with Crippen molar-refractivity contribution in [2.75, 3.05) is 14.2 Å². The summed E-state index contributed by atoms with van der Waals surface area (Å²) in [6, 6.07) is 7.08. The molecule has 2 aromatic carbocycles. The molecule has 1 unspecified atom stereocenters. The largest absolute Gasteiger partial charge is 0.493 e. The Morgan fingerprint density at radius 3 is 2.14 bits per heavy atom. The number of rotatable bonds is 4. The Labute approximate surface area is 138 Å². The van der Waals surface area contributed by atoms with Crippen molar-refractivity contribution in [2.45, 2.75) is 4.83 Å². The SMILES string of the molecule is COc1cc(F)c(C(Br)c2ccc(F)cc2Br)cc1OC. The summed E-state index contributed by atoms with van der Waals surface area (Å²) in [5, 5.41) is 0. The number of alkyl halides is 1. The number of hydrogen-bond acceptors (Lipinski definition) is 2. The number of benzene rings is 2. The molecule has 2 aromatic rings. The third-order valence-corrected chi connectivity index (χ3v) is 4.68. The van der Waals surface area contributed by atoms with Crippen molar-refractivity contribution in [2.24, 2.45) is 0 Å². The van der Waals surface area contributed by atoms with Crippen molar-refractivity contribution in [1.82, 2.24) is 0 Å². The van der Waals surface area contributed by atoms with Crippen LogP contribution >= 0.6 is 31.9 Å². The van der Waals surface area contributed by atoms with Gasteiger partial charge in [-0.25, -0.2) is 8.78 Å². The highest BCUT2D eigenvalue weighted by Gasteiger charge is 2.20. The molecule has 112 valence electrons. The predicted molar refractivity (Wildman–Crippen MR) is 84.4 cm³/mol. The summed E-state index contributed by atoms with van der Waals surface area (Å²) in [6.45, 7) is 0. The minimum absolute atomic E-state index is 0.316. The van der Waals surface area contributed by atoms with Crippen LogP contribution in [-0.2, 0) is 0 Å². The molecule has 0 radical (unpaired) electrons. The zero-order valence-electron chi connectivity index (χ0n) is 11.3. The summed E-state index contributed by atoms with van der Waals surface area (Å²) in [6.07, 6.45) is 0. The summed E-state index contributed by atoms with van der Waals surface area (Å²) in [4.78, 5) is -0.452. The minimum Gasteiger partial charge on any atom is -0.493 e. The number of hydrogen-bond donors (Lipinski definition) is 0. The van der Waals surface area contributed by atoms with Crippen LogP contribution in [0.15, 0.2) is 34.8 Å². The zero-order chi connectivity index (χ0) is 15.6. The van der Waals surface area contributed by atoms with Crippen molar-refractivity contribution in [3.8, 4) is 11.5 Å². The van der Waals surface area contributed by atoms with Gasteiger partial charge < -0.3 is 9.47 Å². The first-order valence-electron chi connectivity index (χ1n) is 5.98. The summed E-state index contributed by atoms with van der Waals surface area (Å²) in [7, 11) is 2.93. The van der Waals surface area contributed by atoms with Crippen LogP contribution in [0.2, 0.25) is 0 Å². The van der Waals surface area contributed by atoms with Crippen LogP contribution in [0.5, 0.6) is 11.5 Å². The van der Waals surface area contributed by atoms with Gasteiger partial charge in [0.25, 0.3) is 0 Å². The first-order valence-corrected chi connectivity index (χ1v) is 7.69. The molecule has 1 atom stereocenters. The van der Waals surface area contributed by atoms with E-state index in [0.29, 0.717) is 27.1 Å². The average Bonchev–Trinajstić information content (AvgIpc) is 2.46. The first-order chi connectivity index (χ1) is 9.97. The lowest BCUT2D eigenvalue weighted by Crippen LogP contribution is -2.01. The molecule has 0 aliphatic rings. The Morgan fingerprint density at radius 2 is 1.57 bits per heavy atom. The second-order valence-electron chi connectivity index (χ2n) is 4.26. The molecular weight excluding hydrogens is 410 g/mol. The van der Waals surface area contributed by atoms with E-state index in [1.165, 1.54) is 32.4 Å². The normalized spacial score (nSPS) is 12.1. The quantitative estimate of drug-likeness (QED) is 0.629. The Bertz CT molecular complexity index is 662. The minimum atomic E-state index is -0.452. The van der Waals surface area contributed by atoms with Gasteiger partial charge in [-0.15, -0.1) is 0 Å². The zero-order valence-corrected chi connectivity index (χ0v) is 14.5. The third-order valence-electron chi connectivity index (χ3n) is 3.01. The maximum absolute atomic E-state index is 14.2. The van der Waals surface area contributed by atoms with Crippen molar-refractivity contribution in [3.05, 3.63) is 57.6 Å². The molecule has 0 bridgehead atoms. The molecular formula is C15H12Br2F2O2. The van der Waals surface area contributed by atoms with E-state index >= 15 is 0 Å². The van der Waals surface area contributed by atoms with Gasteiger partial charge in [-0.1, -0.05) is 37.9 Å². The standard InChI is InChI=1S/C15H12Br2F2O2/c1-20-13-6-10(12(19)7-14(13)21-2)15(17)9-4-3-8(18)5-11(9)16/h3-7,15H,1-2H3. The van der Waals surface area contributed by atoms with Gasteiger partial charge in [-0.05, 0) is 23.8 Å². The third kappa shape index (κ3) is 3.37. The van der Waals surface area contributed by atoms with Gasteiger partial charge in [0.05, 0.1) is 19.0 Å². The van der Waals surface area contributed by atoms with E-state index in [1.54, 1.807) is 12.1 Å². The smallest absolute Gasteiger partial charge is 0.163 e. The van der Waals surface area contributed by atoms with Crippen LogP contribution in [0.3, 0.4) is 0 Å². The molecule has 0 N–H and O–H groups in total. The van der Waals surface area contributed by atoms with Gasteiger partial charge in [-0.2, -0.15) is 0 Å². The summed E-state index contributed by atoms with van der Waals surface area (Å²) in [5.74, 6) is -0.0583. The summed E-state index contributed by atoms with van der Waals surface area (Å²) in [5.41, 5.74) is 1.09. The second kappa shape index (κ2) is 6.75. The van der Waals surface area contributed by atoms with Gasteiger partial charge in [-0.3, -0.25) is 0 Å². The lowest BCUT2D eigenvalue weighted by molar-refractivity contribution is 0.351. The van der Waals surface area contributed by atoms with Crippen LogP contribution in [0.1, 0.15) is 16.0 Å². The Balaban J connectivity index is 2.50. The molecule has 21 heavy (non-hydrogen) atoms. The summed E-state index contributed by atoms with van der Waals surface area (Å²) >= 11 is 6.73. The van der Waals surface area contributed by atoms with Gasteiger partial charge in [0.15, 0.2) is 11.5 Å². The first kappa shape index (κ1) is 16.2. The highest BCUT2D eigenvalue weighted by molar-refractivity contribution is 9.11. The van der Waals surface area contributed by atoms with E-state index in [4.69, 9.17) is 9.47 Å². The molecule has 0 saturated carbocycles. The highest BCUT2D eigenvalue weighted by Crippen LogP contribution is 2.40. The van der Waals surface area contributed by atoms with E-state index in [9.17, 15) is 8.78 Å². The van der Waals surface area contributed by atoms with Gasteiger partial charge in [0.2, 0.25) is 0 Å².